The first-order valence-corrected chi connectivity index (χ1v) is 9.01. The van der Waals surface area contributed by atoms with Crippen LogP contribution in [0.25, 0.3) is 0 Å². The normalized spacial score (nSPS) is 15.8. The number of piperidine rings is 1. The van der Waals surface area contributed by atoms with E-state index >= 15 is 0 Å². The van der Waals surface area contributed by atoms with Crippen LogP contribution in [0.1, 0.15) is 35.7 Å². The van der Waals surface area contributed by atoms with Crippen LogP contribution in [0.5, 0.6) is 0 Å². The first-order valence-electron chi connectivity index (χ1n) is 8.20. The van der Waals surface area contributed by atoms with Gasteiger partial charge in [-0.05, 0) is 19.3 Å². The topological polar surface area (TPSA) is 63.1 Å². The van der Waals surface area contributed by atoms with Crippen LogP contribution < -0.4 is 5.32 Å². The Morgan fingerprint density at radius 1 is 1.43 bits per heavy atom. The molecule has 0 saturated carbocycles. The molecule has 23 heavy (non-hydrogen) atoms. The lowest BCUT2D eigenvalue weighted by Crippen LogP contribution is -2.45. The Hall–Kier alpha value is -1.89. The Balaban J connectivity index is 1.39. The lowest BCUT2D eigenvalue weighted by molar-refractivity contribution is 0.172. The highest BCUT2D eigenvalue weighted by Gasteiger charge is 2.23. The van der Waals surface area contributed by atoms with E-state index < -0.39 is 0 Å². The number of aromatic nitrogens is 3. The predicted octanol–water partition coefficient (Wildman–Crippen LogP) is 2.49. The molecular formula is C16H23N5OS. The number of hydrogen-bond donors (Lipinski definition) is 1. The van der Waals surface area contributed by atoms with Gasteiger partial charge in [0.1, 0.15) is 0 Å². The maximum absolute atomic E-state index is 12.2. The summed E-state index contributed by atoms with van der Waals surface area (Å²) in [5.41, 5.74) is 0. The largest absolute Gasteiger partial charge is 0.338 e. The highest BCUT2D eigenvalue weighted by molar-refractivity contribution is 7.11. The summed E-state index contributed by atoms with van der Waals surface area (Å²) in [7, 11) is 0. The molecule has 3 heterocycles. The van der Waals surface area contributed by atoms with E-state index in [0.717, 1.165) is 43.8 Å². The Morgan fingerprint density at radius 3 is 2.91 bits per heavy atom. The number of rotatable bonds is 5. The number of imidazole rings is 1. The van der Waals surface area contributed by atoms with E-state index in [-0.39, 0.29) is 6.03 Å². The van der Waals surface area contributed by atoms with Gasteiger partial charge < -0.3 is 14.8 Å². The van der Waals surface area contributed by atoms with Crippen molar-refractivity contribution in [3.63, 3.8) is 0 Å². The van der Waals surface area contributed by atoms with Crippen LogP contribution in [0.4, 0.5) is 4.79 Å². The molecule has 1 aliphatic heterocycles. The molecule has 1 fully saturated rings. The predicted molar refractivity (Wildman–Crippen MR) is 90.7 cm³/mol. The molecule has 1 saturated heterocycles. The molecule has 0 aliphatic carbocycles. The molecule has 124 valence electrons. The van der Waals surface area contributed by atoms with Crippen molar-refractivity contribution in [2.45, 2.75) is 38.6 Å². The number of nitrogens with zero attached hydrogens (tertiary/aromatic N) is 4. The van der Waals surface area contributed by atoms with Gasteiger partial charge in [0.15, 0.2) is 0 Å². The monoisotopic (exact) mass is 333 g/mol. The van der Waals surface area contributed by atoms with Crippen molar-refractivity contribution in [1.82, 2.24) is 24.8 Å². The summed E-state index contributed by atoms with van der Waals surface area (Å²) in [4.78, 5) is 23.9. The Morgan fingerprint density at radius 2 is 2.26 bits per heavy atom. The number of likely N-dealkylation sites (tertiary alicyclic amines) is 1. The van der Waals surface area contributed by atoms with Gasteiger partial charge in [-0.2, -0.15) is 0 Å². The van der Waals surface area contributed by atoms with Crippen molar-refractivity contribution in [3.05, 3.63) is 34.8 Å². The number of amides is 2. The SMILES string of the molecule is CCc1cnc(CCNC(=O)N2CCC(n3ccnc3)CC2)s1. The van der Waals surface area contributed by atoms with E-state index in [0.29, 0.717) is 12.6 Å². The van der Waals surface area contributed by atoms with Crippen LogP contribution in [-0.2, 0) is 12.8 Å². The zero-order chi connectivity index (χ0) is 16.1. The van der Waals surface area contributed by atoms with Crippen molar-refractivity contribution in [2.75, 3.05) is 19.6 Å². The van der Waals surface area contributed by atoms with Gasteiger partial charge in [-0.1, -0.05) is 6.92 Å². The fourth-order valence-electron chi connectivity index (χ4n) is 2.87. The van der Waals surface area contributed by atoms with Crippen LogP contribution in [0, 0.1) is 0 Å². The lowest BCUT2D eigenvalue weighted by atomic mass is 10.1. The van der Waals surface area contributed by atoms with Gasteiger partial charge in [-0.15, -0.1) is 11.3 Å². The van der Waals surface area contributed by atoms with Crippen molar-refractivity contribution >= 4 is 17.4 Å². The molecule has 7 heteroatoms. The average molecular weight is 333 g/mol. The maximum Gasteiger partial charge on any atom is 0.317 e. The zero-order valence-electron chi connectivity index (χ0n) is 13.4. The summed E-state index contributed by atoms with van der Waals surface area (Å²) in [5.74, 6) is 0. The molecule has 0 bridgehead atoms. The van der Waals surface area contributed by atoms with Gasteiger partial charge in [0.05, 0.1) is 11.3 Å². The summed E-state index contributed by atoms with van der Waals surface area (Å²) in [6.45, 7) is 4.38. The number of carbonyl (C=O) groups excluding carboxylic acids is 1. The van der Waals surface area contributed by atoms with Crippen LogP contribution in [0.3, 0.4) is 0 Å². The lowest BCUT2D eigenvalue weighted by Gasteiger charge is -2.32. The third-order valence-corrected chi connectivity index (χ3v) is 5.46. The van der Waals surface area contributed by atoms with Crippen LogP contribution >= 0.6 is 11.3 Å². The smallest absolute Gasteiger partial charge is 0.317 e. The average Bonchev–Trinajstić information content (AvgIpc) is 3.26. The van der Waals surface area contributed by atoms with Gasteiger partial charge in [0, 0.05) is 55.6 Å². The Bertz CT molecular complexity index is 616. The number of hydrogen-bond acceptors (Lipinski definition) is 4. The van der Waals surface area contributed by atoms with Gasteiger partial charge in [-0.25, -0.2) is 14.8 Å². The molecule has 0 unspecified atom stereocenters. The van der Waals surface area contributed by atoms with Crippen LogP contribution in [0.15, 0.2) is 24.9 Å². The zero-order valence-corrected chi connectivity index (χ0v) is 14.3. The van der Waals surface area contributed by atoms with E-state index in [9.17, 15) is 4.79 Å². The second-order valence-electron chi connectivity index (χ2n) is 5.78. The van der Waals surface area contributed by atoms with E-state index in [1.54, 1.807) is 11.3 Å². The fraction of sp³-hybridized carbons (Fsp3) is 0.562. The number of urea groups is 1. The van der Waals surface area contributed by atoms with Gasteiger partial charge in [0.2, 0.25) is 0 Å². The molecule has 1 aliphatic rings. The minimum Gasteiger partial charge on any atom is -0.338 e. The third-order valence-electron chi connectivity index (χ3n) is 4.26. The summed E-state index contributed by atoms with van der Waals surface area (Å²) in [5, 5.41) is 4.11. The summed E-state index contributed by atoms with van der Waals surface area (Å²) in [6, 6.07) is 0.505. The maximum atomic E-state index is 12.2. The van der Waals surface area contributed by atoms with E-state index in [4.69, 9.17) is 0 Å². The molecule has 3 rings (SSSR count). The molecule has 2 aromatic rings. The highest BCUT2D eigenvalue weighted by atomic mass is 32.1. The minimum absolute atomic E-state index is 0.0429. The second-order valence-corrected chi connectivity index (χ2v) is 6.98. The summed E-state index contributed by atoms with van der Waals surface area (Å²) in [6.07, 6.45) is 11.4. The third kappa shape index (κ3) is 4.10. The molecule has 6 nitrogen and oxygen atoms in total. The van der Waals surface area contributed by atoms with Gasteiger partial charge in [-0.3, -0.25) is 0 Å². The van der Waals surface area contributed by atoms with Gasteiger partial charge in [0.25, 0.3) is 0 Å². The van der Waals surface area contributed by atoms with Crippen molar-refractivity contribution in [3.8, 4) is 0 Å². The van der Waals surface area contributed by atoms with Crippen LogP contribution in [-0.4, -0.2) is 45.1 Å². The van der Waals surface area contributed by atoms with Crippen LogP contribution in [0.2, 0.25) is 0 Å². The number of carbonyl (C=O) groups is 1. The van der Waals surface area contributed by atoms with Crippen molar-refractivity contribution in [2.24, 2.45) is 0 Å². The first kappa shape index (κ1) is 16.0. The summed E-state index contributed by atoms with van der Waals surface area (Å²) < 4.78 is 2.14. The number of aryl methyl sites for hydroxylation is 1. The fourth-order valence-corrected chi connectivity index (χ4v) is 3.73. The van der Waals surface area contributed by atoms with Crippen molar-refractivity contribution < 1.29 is 4.79 Å². The molecule has 0 atom stereocenters. The molecule has 0 aromatic carbocycles. The minimum atomic E-state index is 0.0429. The molecule has 2 aromatic heterocycles. The standard InChI is InChI=1S/C16H23N5OS/c1-2-14-11-19-15(23-14)3-6-18-16(22)20-8-4-13(5-9-20)21-10-7-17-12-21/h7,10-13H,2-6,8-9H2,1H3,(H,18,22). The molecule has 1 N–H and O–H groups in total. The van der Waals surface area contributed by atoms with Crippen molar-refractivity contribution in [1.29, 1.82) is 0 Å². The van der Waals surface area contributed by atoms with E-state index in [1.165, 1.54) is 4.88 Å². The number of nitrogens with one attached hydrogen (secondary N) is 1. The van der Waals surface area contributed by atoms with E-state index in [2.05, 4.69) is 26.8 Å². The highest BCUT2D eigenvalue weighted by Crippen LogP contribution is 2.21. The first-order chi connectivity index (χ1) is 11.3. The van der Waals surface area contributed by atoms with E-state index in [1.807, 2.05) is 29.8 Å². The molecular weight excluding hydrogens is 310 g/mol. The Labute approximate surface area is 140 Å². The quantitative estimate of drug-likeness (QED) is 0.914. The summed E-state index contributed by atoms with van der Waals surface area (Å²) >= 11 is 1.73. The molecule has 0 radical (unpaired) electrons. The second kappa shape index (κ2) is 7.59. The molecule has 0 spiro atoms. The number of thiazole rings is 1. The molecule has 2 amide bonds. The Kier molecular flexibility index (Phi) is 5.27. The van der Waals surface area contributed by atoms with Gasteiger partial charge >= 0.3 is 6.03 Å².